The number of aryl methyl sites for hydroxylation is 1. The van der Waals surface area contributed by atoms with Gasteiger partial charge in [-0.1, -0.05) is 75.9 Å². The van der Waals surface area contributed by atoms with E-state index in [0.717, 1.165) is 22.6 Å². The molecule has 1 amide bonds. The van der Waals surface area contributed by atoms with E-state index in [4.69, 9.17) is 0 Å². The smallest absolute Gasteiger partial charge is 0.260 e. The lowest BCUT2D eigenvalue weighted by Crippen LogP contribution is -2.30. The number of hydrogen-bond donors (Lipinski definition) is 2. The molecule has 1 fully saturated rings. The van der Waals surface area contributed by atoms with Crippen molar-refractivity contribution in [2.75, 3.05) is 5.32 Å². The first-order valence-corrected chi connectivity index (χ1v) is 9.88. The van der Waals surface area contributed by atoms with Gasteiger partial charge in [0.25, 0.3) is 5.91 Å². The second-order valence-corrected chi connectivity index (χ2v) is 8.69. The maximum absolute atomic E-state index is 12.3. The number of benzene rings is 2. The van der Waals surface area contributed by atoms with Gasteiger partial charge in [0.15, 0.2) is 5.50 Å². The summed E-state index contributed by atoms with van der Waals surface area (Å²) < 4.78 is 0. The van der Waals surface area contributed by atoms with E-state index < -0.39 is 0 Å². The molecule has 3 nitrogen and oxygen atoms in total. The molecule has 1 aliphatic rings. The molecule has 0 spiro atoms. The van der Waals surface area contributed by atoms with Gasteiger partial charge in [0, 0.05) is 5.69 Å². The highest BCUT2D eigenvalue weighted by molar-refractivity contribution is 8.05. The third-order valence-corrected chi connectivity index (χ3v) is 5.49. The minimum absolute atomic E-state index is 0.0300. The van der Waals surface area contributed by atoms with Crippen molar-refractivity contribution in [1.82, 2.24) is 5.32 Å². The van der Waals surface area contributed by atoms with Gasteiger partial charge in [-0.05, 0) is 46.7 Å². The molecule has 1 atom stereocenters. The summed E-state index contributed by atoms with van der Waals surface area (Å²) >= 11 is 1.52. The molecular weight excluding hydrogens is 340 g/mol. The van der Waals surface area contributed by atoms with Crippen LogP contribution in [0.5, 0.6) is 0 Å². The van der Waals surface area contributed by atoms with Crippen LogP contribution in [0.2, 0.25) is 0 Å². The molecule has 0 aromatic heterocycles. The lowest BCUT2D eigenvalue weighted by molar-refractivity contribution is -0.116. The van der Waals surface area contributed by atoms with Crippen LogP contribution in [-0.2, 0) is 16.6 Å². The SMILES string of the molecule is CCc1ccc(N[C@H]2NC(=O)/C(=C/c3ccc(C(C)(C)C)cc3)S2)cc1. The quantitative estimate of drug-likeness (QED) is 0.736. The summed E-state index contributed by atoms with van der Waals surface area (Å²) in [7, 11) is 0. The van der Waals surface area contributed by atoms with Crippen LogP contribution in [-0.4, -0.2) is 11.4 Å². The van der Waals surface area contributed by atoms with Crippen LogP contribution in [0, 0.1) is 0 Å². The van der Waals surface area contributed by atoms with Gasteiger partial charge in [-0.2, -0.15) is 0 Å². The molecule has 0 bridgehead atoms. The van der Waals surface area contributed by atoms with Crippen LogP contribution in [0.1, 0.15) is 44.4 Å². The molecule has 3 rings (SSSR count). The van der Waals surface area contributed by atoms with E-state index in [-0.39, 0.29) is 16.8 Å². The zero-order chi connectivity index (χ0) is 18.7. The van der Waals surface area contributed by atoms with E-state index in [9.17, 15) is 4.79 Å². The number of carbonyl (C=O) groups is 1. The molecule has 2 aromatic rings. The summed E-state index contributed by atoms with van der Waals surface area (Å²) in [4.78, 5) is 13.0. The summed E-state index contributed by atoms with van der Waals surface area (Å²) in [5.74, 6) is -0.0300. The van der Waals surface area contributed by atoms with E-state index in [0.29, 0.717) is 0 Å². The molecule has 26 heavy (non-hydrogen) atoms. The first-order valence-electron chi connectivity index (χ1n) is 9.00. The van der Waals surface area contributed by atoms with Crippen molar-refractivity contribution in [3.05, 3.63) is 70.1 Å². The third kappa shape index (κ3) is 4.50. The number of nitrogens with one attached hydrogen (secondary N) is 2. The van der Waals surface area contributed by atoms with E-state index in [2.05, 4.69) is 86.9 Å². The lowest BCUT2D eigenvalue weighted by atomic mass is 9.87. The average Bonchev–Trinajstić information content (AvgIpc) is 2.94. The summed E-state index contributed by atoms with van der Waals surface area (Å²) in [6.45, 7) is 8.73. The molecular formula is C22H26N2OS. The molecule has 0 aliphatic carbocycles. The Kier molecular flexibility index (Phi) is 5.42. The van der Waals surface area contributed by atoms with Gasteiger partial charge in [-0.3, -0.25) is 4.79 Å². The number of hydrogen-bond acceptors (Lipinski definition) is 3. The molecule has 1 heterocycles. The average molecular weight is 367 g/mol. The Morgan fingerprint density at radius 3 is 2.31 bits per heavy atom. The highest BCUT2D eigenvalue weighted by atomic mass is 32.2. The Balaban J connectivity index is 1.67. The van der Waals surface area contributed by atoms with Crippen LogP contribution in [0.15, 0.2) is 53.4 Å². The van der Waals surface area contributed by atoms with Crippen LogP contribution in [0.4, 0.5) is 5.69 Å². The molecule has 0 radical (unpaired) electrons. The van der Waals surface area contributed by atoms with Crippen LogP contribution in [0.25, 0.3) is 6.08 Å². The number of rotatable bonds is 4. The van der Waals surface area contributed by atoms with Crippen molar-refractivity contribution in [3.63, 3.8) is 0 Å². The molecule has 2 N–H and O–H groups in total. The van der Waals surface area contributed by atoms with Crippen molar-refractivity contribution < 1.29 is 4.79 Å². The maximum Gasteiger partial charge on any atom is 0.260 e. The predicted molar refractivity (Wildman–Crippen MR) is 112 cm³/mol. The van der Waals surface area contributed by atoms with Crippen molar-refractivity contribution in [1.29, 1.82) is 0 Å². The zero-order valence-electron chi connectivity index (χ0n) is 15.8. The van der Waals surface area contributed by atoms with Crippen molar-refractivity contribution in [2.24, 2.45) is 0 Å². The standard InChI is InChI=1S/C22H26N2OS/c1-5-15-8-12-18(13-9-15)23-21-24-20(25)19(26-21)14-16-6-10-17(11-7-16)22(2,3)4/h6-14,21,23H,5H2,1-4H3,(H,24,25)/b19-14-/t21-/m0/s1. The van der Waals surface area contributed by atoms with E-state index in [1.807, 2.05) is 6.08 Å². The molecule has 1 saturated heterocycles. The Bertz CT molecular complexity index is 802. The van der Waals surface area contributed by atoms with E-state index in [1.54, 1.807) is 0 Å². The minimum atomic E-state index is -0.143. The first kappa shape index (κ1) is 18.6. The Morgan fingerprint density at radius 2 is 1.73 bits per heavy atom. The van der Waals surface area contributed by atoms with Crippen molar-refractivity contribution >= 4 is 29.4 Å². The fourth-order valence-electron chi connectivity index (χ4n) is 2.78. The molecule has 2 aromatic carbocycles. The van der Waals surface area contributed by atoms with Crippen LogP contribution < -0.4 is 10.6 Å². The second kappa shape index (κ2) is 7.58. The Hall–Kier alpha value is -2.20. The fourth-order valence-corrected chi connectivity index (χ4v) is 3.77. The van der Waals surface area contributed by atoms with Gasteiger partial charge < -0.3 is 10.6 Å². The first-order chi connectivity index (χ1) is 12.3. The van der Waals surface area contributed by atoms with Gasteiger partial charge in [0.1, 0.15) is 0 Å². The molecule has 0 saturated carbocycles. The Morgan fingerprint density at radius 1 is 1.08 bits per heavy atom. The van der Waals surface area contributed by atoms with E-state index in [1.165, 1.54) is 22.9 Å². The topological polar surface area (TPSA) is 41.1 Å². The number of anilines is 1. The Labute approximate surface area is 160 Å². The minimum Gasteiger partial charge on any atom is -0.357 e. The molecule has 136 valence electrons. The van der Waals surface area contributed by atoms with Gasteiger partial charge in [0.05, 0.1) is 4.91 Å². The normalized spacial score (nSPS) is 18.8. The summed E-state index contributed by atoms with van der Waals surface area (Å²) in [6, 6.07) is 16.7. The number of thioether (sulfide) groups is 1. The second-order valence-electron chi connectivity index (χ2n) is 7.55. The molecule has 4 heteroatoms. The van der Waals surface area contributed by atoms with E-state index >= 15 is 0 Å². The van der Waals surface area contributed by atoms with Crippen LogP contribution >= 0.6 is 11.8 Å². The summed E-state index contributed by atoms with van der Waals surface area (Å²) in [6.07, 6.45) is 2.98. The van der Waals surface area contributed by atoms with Gasteiger partial charge in [0.2, 0.25) is 0 Å². The predicted octanol–water partition coefficient (Wildman–Crippen LogP) is 5.15. The van der Waals surface area contributed by atoms with Crippen LogP contribution in [0.3, 0.4) is 0 Å². The monoisotopic (exact) mass is 366 g/mol. The maximum atomic E-state index is 12.3. The van der Waals surface area contributed by atoms with Gasteiger partial charge >= 0.3 is 0 Å². The fraction of sp³-hybridized carbons (Fsp3) is 0.318. The summed E-state index contributed by atoms with van der Waals surface area (Å²) in [5.41, 5.74) is 4.64. The van der Waals surface area contributed by atoms with Gasteiger partial charge in [-0.25, -0.2) is 0 Å². The van der Waals surface area contributed by atoms with Crippen molar-refractivity contribution in [3.8, 4) is 0 Å². The molecule has 1 aliphatic heterocycles. The largest absolute Gasteiger partial charge is 0.357 e. The van der Waals surface area contributed by atoms with Crippen molar-refractivity contribution in [2.45, 2.75) is 45.0 Å². The third-order valence-electron chi connectivity index (χ3n) is 4.47. The molecule has 0 unspecified atom stereocenters. The number of amides is 1. The highest BCUT2D eigenvalue weighted by Crippen LogP contribution is 2.31. The number of carbonyl (C=O) groups excluding carboxylic acids is 1. The van der Waals surface area contributed by atoms with Gasteiger partial charge in [-0.15, -0.1) is 0 Å². The highest BCUT2D eigenvalue weighted by Gasteiger charge is 2.27. The lowest BCUT2D eigenvalue weighted by Gasteiger charge is -2.18. The summed E-state index contributed by atoms with van der Waals surface area (Å²) in [5, 5.41) is 6.34. The zero-order valence-corrected chi connectivity index (χ0v) is 16.6.